The van der Waals surface area contributed by atoms with Crippen molar-refractivity contribution in [3.05, 3.63) is 66.0 Å². The predicted octanol–water partition coefficient (Wildman–Crippen LogP) is 2.72. The van der Waals surface area contributed by atoms with Crippen molar-refractivity contribution in [1.29, 1.82) is 0 Å². The summed E-state index contributed by atoms with van der Waals surface area (Å²) in [6.07, 6.45) is -1.28. The van der Waals surface area contributed by atoms with Gasteiger partial charge in [-0.1, -0.05) is 36.4 Å². The lowest BCUT2D eigenvalue weighted by molar-refractivity contribution is -0.128. The molecule has 1 fully saturated rings. The summed E-state index contributed by atoms with van der Waals surface area (Å²) in [5.41, 5.74) is 0.662. The first-order valence-electron chi connectivity index (χ1n) is 7.63. The fourth-order valence-corrected chi connectivity index (χ4v) is 2.83. The number of imide groups is 1. The number of para-hydroxylation sites is 1. The number of urea groups is 1. The summed E-state index contributed by atoms with van der Waals surface area (Å²) in [7, 11) is 0. The largest absolute Gasteiger partial charge is 0.386 e. The van der Waals surface area contributed by atoms with Crippen LogP contribution in [0.1, 0.15) is 18.6 Å². The molecule has 24 heavy (non-hydrogen) atoms. The van der Waals surface area contributed by atoms with Crippen LogP contribution in [0.25, 0.3) is 0 Å². The van der Waals surface area contributed by atoms with E-state index in [2.05, 4.69) is 0 Å². The first kappa shape index (κ1) is 16.1. The van der Waals surface area contributed by atoms with Crippen LogP contribution in [0, 0.1) is 5.82 Å². The van der Waals surface area contributed by atoms with Gasteiger partial charge in [0.1, 0.15) is 11.9 Å². The van der Waals surface area contributed by atoms with Crippen LogP contribution in [0.4, 0.5) is 14.9 Å². The normalized spacial score (nSPS) is 19.0. The number of benzene rings is 2. The van der Waals surface area contributed by atoms with Crippen molar-refractivity contribution in [2.45, 2.75) is 19.1 Å². The zero-order valence-electron chi connectivity index (χ0n) is 13.1. The number of carbonyl (C=O) groups excluding carboxylic acids is 2. The highest BCUT2D eigenvalue weighted by atomic mass is 19.1. The minimum atomic E-state index is -1.28. The topological polar surface area (TPSA) is 60.9 Å². The molecule has 124 valence electrons. The van der Waals surface area contributed by atoms with Gasteiger partial charge in [-0.3, -0.25) is 14.6 Å². The average Bonchev–Trinajstić information content (AvgIpc) is 2.79. The molecule has 1 N–H and O–H groups in total. The lowest BCUT2D eigenvalue weighted by Gasteiger charge is -2.20. The Labute approximate surface area is 138 Å². The number of rotatable bonds is 4. The van der Waals surface area contributed by atoms with E-state index in [9.17, 15) is 19.1 Å². The Morgan fingerprint density at radius 3 is 2.38 bits per heavy atom. The number of nitrogens with zero attached hydrogens (tertiary/aromatic N) is 2. The summed E-state index contributed by atoms with van der Waals surface area (Å²) in [6, 6.07) is 13.4. The number of aliphatic hydroxyl groups is 1. The summed E-state index contributed by atoms with van der Waals surface area (Å²) in [5.74, 6) is -0.990. The van der Waals surface area contributed by atoms with Crippen LogP contribution in [0.5, 0.6) is 0 Å². The van der Waals surface area contributed by atoms with Crippen molar-refractivity contribution in [2.75, 3.05) is 11.4 Å². The molecule has 3 amide bonds. The third kappa shape index (κ3) is 2.76. The van der Waals surface area contributed by atoms with Gasteiger partial charge in [0.05, 0.1) is 12.6 Å². The number of carbonyl (C=O) groups is 2. The maximum atomic E-state index is 13.8. The smallest absolute Gasteiger partial charge is 0.332 e. The van der Waals surface area contributed by atoms with E-state index in [0.29, 0.717) is 5.69 Å². The zero-order valence-corrected chi connectivity index (χ0v) is 13.1. The molecule has 0 radical (unpaired) electrons. The molecule has 0 bridgehead atoms. The monoisotopic (exact) mass is 328 g/mol. The number of aliphatic hydroxyl groups excluding tert-OH is 1. The highest BCUT2D eigenvalue weighted by Crippen LogP contribution is 2.27. The summed E-state index contributed by atoms with van der Waals surface area (Å²) < 4.78 is 13.8. The van der Waals surface area contributed by atoms with E-state index in [4.69, 9.17) is 0 Å². The first-order valence-corrected chi connectivity index (χ1v) is 7.63. The van der Waals surface area contributed by atoms with Crippen molar-refractivity contribution in [2.24, 2.45) is 0 Å². The molecule has 0 unspecified atom stereocenters. The third-order valence-corrected chi connectivity index (χ3v) is 4.10. The molecule has 2 atom stereocenters. The van der Waals surface area contributed by atoms with E-state index >= 15 is 0 Å². The van der Waals surface area contributed by atoms with Gasteiger partial charge in [-0.15, -0.1) is 0 Å². The van der Waals surface area contributed by atoms with E-state index in [1.807, 2.05) is 6.07 Å². The molecule has 1 heterocycles. The van der Waals surface area contributed by atoms with Gasteiger partial charge in [0.2, 0.25) is 0 Å². The third-order valence-electron chi connectivity index (χ3n) is 4.10. The second-order valence-electron chi connectivity index (χ2n) is 5.65. The lowest BCUT2D eigenvalue weighted by Crippen LogP contribution is -2.36. The maximum Gasteiger partial charge on any atom is 0.332 e. The van der Waals surface area contributed by atoms with E-state index in [1.54, 1.807) is 37.3 Å². The van der Waals surface area contributed by atoms with E-state index in [0.717, 1.165) is 4.90 Å². The van der Waals surface area contributed by atoms with Crippen LogP contribution in [-0.2, 0) is 4.79 Å². The molecule has 0 spiro atoms. The van der Waals surface area contributed by atoms with Gasteiger partial charge in [0.25, 0.3) is 5.91 Å². The van der Waals surface area contributed by atoms with Crippen LogP contribution in [0.3, 0.4) is 0 Å². The Bertz CT molecular complexity index is 766. The quantitative estimate of drug-likeness (QED) is 0.878. The molecule has 1 aliphatic rings. The highest BCUT2D eigenvalue weighted by molar-refractivity contribution is 6.14. The highest BCUT2D eigenvalue weighted by Gasteiger charge is 2.44. The molecule has 0 aliphatic carbocycles. The van der Waals surface area contributed by atoms with E-state index < -0.39 is 29.9 Å². The molecule has 1 saturated heterocycles. The molecular formula is C18H17FN2O3. The molecule has 0 aromatic heterocycles. The average molecular weight is 328 g/mol. The number of halogens is 1. The summed E-state index contributed by atoms with van der Waals surface area (Å²) in [5, 5.41) is 10.2. The van der Waals surface area contributed by atoms with Gasteiger partial charge >= 0.3 is 6.03 Å². The van der Waals surface area contributed by atoms with Crippen LogP contribution >= 0.6 is 0 Å². The second-order valence-corrected chi connectivity index (χ2v) is 5.65. The molecule has 3 rings (SSSR count). The summed E-state index contributed by atoms with van der Waals surface area (Å²) in [6.45, 7) is 1.34. The van der Waals surface area contributed by atoms with Crippen LogP contribution in [-0.4, -0.2) is 34.5 Å². The van der Waals surface area contributed by atoms with Crippen LogP contribution in [0.15, 0.2) is 54.6 Å². The summed E-state index contributed by atoms with van der Waals surface area (Å²) in [4.78, 5) is 27.4. The van der Waals surface area contributed by atoms with Crippen LogP contribution in [0.2, 0.25) is 0 Å². The van der Waals surface area contributed by atoms with Gasteiger partial charge in [-0.25, -0.2) is 9.18 Å². The zero-order chi connectivity index (χ0) is 17.3. The van der Waals surface area contributed by atoms with E-state index in [1.165, 1.54) is 23.1 Å². The number of β-amino-alcohol motifs (C(OH)–C–C–N with tert-alkyl or cyclic N) is 1. The first-order chi connectivity index (χ1) is 11.5. The Morgan fingerprint density at radius 1 is 1.08 bits per heavy atom. The number of hydrogen-bond acceptors (Lipinski definition) is 3. The maximum absolute atomic E-state index is 13.8. The molecular weight excluding hydrogens is 311 g/mol. The molecule has 2 aromatic carbocycles. The number of hydrogen-bond donors (Lipinski definition) is 1. The second kappa shape index (κ2) is 6.41. The molecule has 6 heteroatoms. The Morgan fingerprint density at radius 2 is 1.71 bits per heavy atom. The number of anilines is 1. The number of amides is 3. The van der Waals surface area contributed by atoms with Crippen LogP contribution < -0.4 is 4.90 Å². The van der Waals surface area contributed by atoms with Gasteiger partial charge < -0.3 is 5.11 Å². The van der Waals surface area contributed by atoms with Crippen molar-refractivity contribution >= 4 is 17.6 Å². The molecule has 2 aromatic rings. The van der Waals surface area contributed by atoms with Crippen molar-refractivity contribution in [3.8, 4) is 0 Å². The molecule has 1 aliphatic heterocycles. The fourth-order valence-electron chi connectivity index (χ4n) is 2.83. The Kier molecular flexibility index (Phi) is 4.31. The minimum absolute atomic E-state index is 0.0592. The molecule has 0 saturated carbocycles. The molecule has 5 nitrogen and oxygen atoms in total. The van der Waals surface area contributed by atoms with Gasteiger partial charge in [0, 0.05) is 11.3 Å². The van der Waals surface area contributed by atoms with Crippen molar-refractivity contribution in [3.63, 3.8) is 0 Å². The fraction of sp³-hybridized carbons (Fsp3) is 0.222. The standard InChI is InChI=1S/C18H17FN2O3/c1-12-17(23)20(11-16(22)14-9-5-6-10-15(14)19)18(24)21(12)13-7-3-2-4-8-13/h2-10,12,16,22H,11H2,1H3/t12-,16+/m1/s1. The summed E-state index contributed by atoms with van der Waals surface area (Å²) >= 11 is 0. The van der Waals surface area contributed by atoms with E-state index in [-0.39, 0.29) is 12.1 Å². The van der Waals surface area contributed by atoms with Crippen molar-refractivity contribution in [1.82, 2.24) is 4.90 Å². The minimum Gasteiger partial charge on any atom is -0.386 e. The van der Waals surface area contributed by atoms with Gasteiger partial charge in [-0.05, 0) is 25.1 Å². The van der Waals surface area contributed by atoms with Crippen molar-refractivity contribution < 1.29 is 19.1 Å². The predicted molar refractivity (Wildman–Crippen MR) is 86.9 cm³/mol. The SMILES string of the molecule is C[C@@H]1C(=O)N(C[C@H](O)c2ccccc2F)C(=O)N1c1ccccc1. The Balaban J connectivity index is 1.83. The van der Waals surface area contributed by atoms with Gasteiger partial charge in [0.15, 0.2) is 0 Å². The lowest BCUT2D eigenvalue weighted by atomic mass is 10.1. The van der Waals surface area contributed by atoms with Gasteiger partial charge in [-0.2, -0.15) is 0 Å². The Hall–Kier alpha value is -2.73.